The molecule has 0 aliphatic rings. The van der Waals surface area contributed by atoms with Gasteiger partial charge < -0.3 is 9.73 Å². The molecule has 0 fully saturated rings. The minimum absolute atomic E-state index is 0.0152. The molecular formula is C20H11BrClN3O4. The molecule has 1 amide bonds. The first kappa shape index (κ1) is 20.3. The number of hydrogen-bond donors (Lipinski definition) is 1. The van der Waals surface area contributed by atoms with Gasteiger partial charge >= 0.3 is 0 Å². The Balaban J connectivity index is 1.84. The largest absolute Gasteiger partial charge is 0.457 e. The van der Waals surface area contributed by atoms with Crippen molar-refractivity contribution in [2.24, 2.45) is 0 Å². The fourth-order valence-corrected chi connectivity index (χ4v) is 3.03. The Labute approximate surface area is 178 Å². The monoisotopic (exact) mass is 471 g/mol. The molecule has 0 saturated carbocycles. The van der Waals surface area contributed by atoms with Gasteiger partial charge in [-0.25, -0.2) is 0 Å². The molecule has 7 nitrogen and oxygen atoms in total. The molecule has 1 heterocycles. The lowest BCUT2D eigenvalue weighted by atomic mass is 10.1. The zero-order valence-electron chi connectivity index (χ0n) is 14.6. The summed E-state index contributed by atoms with van der Waals surface area (Å²) >= 11 is 9.12. The van der Waals surface area contributed by atoms with Gasteiger partial charge in [0.05, 0.1) is 4.92 Å². The number of halogens is 2. The summed E-state index contributed by atoms with van der Waals surface area (Å²) in [5.74, 6) is -0.00932. The van der Waals surface area contributed by atoms with E-state index in [0.29, 0.717) is 17.0 Å². The molecule has 9 heteroatoms. The van der Waals surface area contributed by atoms with Crippen molar-refractivity contribution in [3.63, 3.8) is 0 Å². The Morgan fingerprint density at radius 1 is 1.24 bits per heavy atom. The summed E-state index contributed by atoms with van der Waals surface area (Å²) in [7, 11) is 0. The lowest BCUT2D eigenvalue weighted by molar-refractivity contribution is -0.384. The number of furan rings is 1. The number of carbonyl (C=O) groups is 1. The van der Waals surface area contributed by atoms with Crippen molar-refractivity contribution in [1.29, 1.82) is 5.26 Å². The molecule has 1 aromatic heterocycles. The fourth-order valence-electron chi connectivity index (χ4n) is 2.45. The van der Waals surface area contributed by atoms with Crippen LogP contribution in [0.3, 0.4) is 0 Å². The molecule has 0 bridgehead atoms. The van der Waals surface area contributed by atoms with Gasteiger partial charge in [0.2, 0.25) is 0 Å². The van der Waals surface area contributed by atoms with Gasteiger partial charge in [-0.05, 0) is 42.5 Å². The highest BCUT2D eigenvalue weighted by molar-refractivity contribution is 9.10. The van der Waals surface area contributed by atoms with Crippen molar-refractivity contribution < 1.29 is 14.1 Å². The Bertz CT molecular complexity index is 1180. The summed E-state index contributed by atoms with van der Waals surface area (Å²) in [6.45, 7) is 0. The van der Waals surface area contributed by atoms with E-state index in [1.807, 2.05) is 12.1 Å². The van der Waals surface area contributed by atoms with Gasteiger partial charge in [-0.2, -0.15) is 5.26 Å². The van der Waals surface area contributed by atoms with Crippen LogP contribution >= 0.6 is 27.5 Å². The first-order valence-electron chi connectivity index (χ1n) is 8.10. The van der Waals surface area contributed by atoms with Gasteiger partial charge in [0.15, 0.2) is 0 Å². The Kier molecular flexibility index (Phi) is 6.12. The van der Waals surface area contributed by atoms with Gasteiger partial charge in [0.25, 0.3) is 11.6 Å². The van der Waals surface area contributed by atoms with Crippen molar-refractivity contribution in [3.8, 4) is 17.4 Å². The zero-order chi connectivity index (χ0) is 21.0. The number of amides is 1. The molecular weight excluding hydrogens is 462 g/mol. The summed E-state index contributed by atoms with van der Waals surface area (Å²) in [6.07, 6.45) is 1.29. The number of carbonyl (C=O) groups excluding carboxylic acids is 1. The predicted octanol–water partition coefficient (Wildman–Crippen LogP) is 5.82. The minimum Gasteiger partial charge on any atom is -0.457 e. The second kappa shape index (κ2) is 8.73. The molecule has 0 aliphatic heterocycles. The second-order valence-electron chi connectivity index (χ2n) is 5.76. The fraction of sp³-hybridized carbons (Fsp3) is 0. The number of nitro benzene ring substituents is 1. The summed E-state index contributed by atoms with van der Waals surface area (Å²) < 4.78 is 6.40. The summed E-state index contributed by atoms with van der Waals surface area (Å²) in [6, 6.07) is 16.2. The molecule has 3 rings (SSSR count). The molecule has 1 N–H and O–H groups in total. The van der Waals surface area contributed by atoms with Crippen LogP contribution < -0.4 is 5.32 Å². The second-order valence-corrected chi connectivity index (χ2v) is 7.08. The van der Waals surface area contributed by atoms with Crippen LogP contribution in [-0.4, -0.2) is 10.8 Å². The van der Waals surface area contributed by atoms with E-state index >= 15 is 0 Å². The highest BCUT2D eigenvalue weighted by atomic mass is 79.9. The lowest BCUT2D eigenvalue weighted by Crippen LogP contribution is -2.13. The van der Waals surface area contributed by atoms with E-state index in [-0.39, 0.29) is 22.0 Å². The average molecular weight is 473 g/mol. The Hall–Kier alpha value is -3.41. The van der Waals surface area contributed by atoms with Crippen LogP contribution in [0.2, 0.25) is 5.02 Å². The Morgan fingerprint density at radius 3 is 2.72 bits per heavy atom. The number of nitriles is 1. The first-order valence-corrected chi connectivity index (χ1v) is 9.27. The number of hydrogen-bond acceptors (Lipinski definition) is 5. The molecule has 0 saturated heterocycles. The van der Waals surface area contributed by atoms with E-state index in [9.17, 15) is 20.2 Å². The van der Waals surface area contributed by atoms with Gasteiger partial charge in [0, 0.05) is 27.9 Å². The maximum Gasteiger partial charge on any atom is 0.288 e. The third-order valence-electron chi connectivity index (χ3n) is 3.79. The topological polar surface area (TPSA) is 109 Å². The summed E-state index contributed by atoms with van der Waals surface area (Å²) in [4.78, 5) is 22.8. The predicted molar refractivity (Wildman–Crippen MR) is 112 cm³/mol. The van der Waals surface area contributed by atoms with Gasteiger partial charge in [-0.1, -0.05) is 33.6 Å². The van der Waals surface area contributed by atoms with E-state index in [1.54, 1.807) is 36.4 Å². The van der Waals surface area contributed by atoms with E-state index in [0.717, 1.165) is 4.47 Å². The standard InChI is InChI=1S/C20H11BrClN3O4/c21-14-2-1-3-15(10-14)24-20(26)13(11-23)8-16-5-7-19(29-16)12-4-6-17(22)18(9-12)25(27)28/h1-10H,(H,24,26)/b13-8+. The van der Waals surface area contributed by atoms with Crippen molar-refractivity contribution in [2.45, 2.75) is 0 Å². The van der Waals surface area contributed by atoms with Crippen LogP contribution in [0.1, 0.15) is 5.76 Å². The molecule has 0 spiro atoms. The maximum absolute atomic E-state index is 12.3. The smallest absolute Gasteiger partial charge is 0.288 e. The molecule has 2 aromatic carbocycles. The SMILES string of the molecule is N#C/C(=C\c1ccc(-c2ccc(Cl)c([N+](=O)[O-])c2)o1)C(=O)Nc1cccc(Br)c1. The number of nitro groups is 1. The van der Waals surface area contributed by atoms with Crippen molar-refractivity contribution in [3.05, 3.63) is 85.5 Å². The third-order valence-corrected chi connectivity index (χ3v) is 4.60. The maximum atomic E-state index is 12.3. The summed E-state index contributed by atoms with van der Waals surface area (Å²) in [5.41, 5.74) is 0.564. The van der Waals surface area contributed by atoms with Crippen LogP contribution in [0, 0.1) is 21.4 Å². The van der Waals surface area contributed by atoms with Gasteiger partial charge in [-0.3, -0.25) is 14.9 Å². The quantitative estimate of drug-likeness (QED) is 0.218. The molecule has 3 aromatic rings. The van der Waals surface area contributed by atoms with Crippen molar-refractivity contribution in [1.82, 2.24) is 0 Å². The number of benzene rings is 2. The molecule has 29 heavy (non-hydrogen) atoms. The van der Waals surface area contributed by atoms with Crippen molar-refractivity contribution >= 4 is 50.9 Å². The van der Waals surface area contributed by atoms with Crippen LogP contribution in [0.15, 0.2) is 69.1 Å². The van der Waals surface area contributed by atoms with Crippen LogP contribution in [0.25, 0.3) is 17.4 Å². The Morgan fingerprint density at radius 2 is 2.03 bits per heavy atom. The van der Waals surface area contributed by atoms with Crippen LogP contribution in [0.5, 0.6) is 0 Å². The number of nitrogens with zero attached hydrogens (tertiary/aromatic N) is 2. The third kappa shape index (κ3) is 4.90. The zero-order valence-corrected chi connectivity index (χ0v) is 16.9. The molecule has 0 atom stereocenters. The van der Waals surface area contributed by atoms with E-state index in [2.05, 4.69) is 21.2 Å². The first-order chi connectivity index (χ1) is 13.9. The number of nitrogens with one attached hydrogen (secondary N) is 1. The molecule has 0 unspecified atom stereocenters. The summed E-state index contributed by atoms with van der Waals surface area (Å²) in [5, 5.41) is 23.0. The van der Waals surface area contributed by atoms with Crippen molar-refractivity contribution in [2.75, 3.05) is 5.32 Å². The number of anilines is 1. The highest BCUT2D eigenvalue weighted by Gasteiger charge is 2.16. The lowest BCUT2D eigenvalue weighted by Gasteiger charge is -2.04. The van der Waals surface area contributed by atoms with Crippen LogP contribution in [-0.2, 0) is 4.79 Å². The normalized spacial score (nSPS) is 11.0. The van der Waals surface area contributed by atoms with Gasteiger partial charge in [0.1, 0.15) is 28.2 Å². The average Bonchev–Trinajstić information content (AvgIpc) is 3.14. The van der Waals surface area contributed by atoms with E-state index in [4.69, 9.17) is 16.0 Å². The van der Waals surface area contributed by atoms with Gasteiger partial charge in [-0.15, -0.1) is 0 Å². The molecule has 0 aliphatic carbocycles. The molecule has 0 radical (unpaired) electrons. The van der Waals surface area contributed by atoms with Crippen LogP contribution in [0.4, 0.5) is 11.4 Å². The number of rotatable bonds is 5. The molecule has 144 valence electrons. The van der Waals surface area contributed by atoms with E-state index < -0.39 is 10.8 Å². The highest BCUT2D eigenvalue weighted by Crippen LogP contribution is 2.31. The minimum atomic E-state index is -0.592. The van der Waals surface area contributed by atoms with E-state index in [1.165, 1.54) is 18.2 Å².